The summed E-state index contributed by atoms with van der Waals surface area (Å²) < 4.78 is 0. The van der Waals surface area contributed by atoms with Gasteiger partial charge < -0.3 is 10.2 Å². The Morgan fingerprint density at radius 3 is 2.47 bits per heavy atom. The molecule has 0 aliphatic rings. The summed E-state index contributed by atoms with van der Waals surface area (Å²) in [6.45, 7) is 9.64. The maximum Gasteiger partial charge on any atom is 0.101 e. The molecule has 1 rings (SSSR count). The van der Waals surface area contributed by atoms with E-state index in [1.54, 1.807) is 0 Å². The highest BCUT2D eigenvalue weighted by Crippen LogP contribution is 2.29. The van der Waals surface area contributed by atoms with Crippen molar-refractivity contribution in [1.82, 2.24) is 5.32 Å². The molecule has 0 amide bonds. The van der Waals surface area contributed by atoms with E-state index < -0.39 is 0 Å². The lowest BCUT2D eigenvalue weighted by molar-refractivity contribution is 0.329. The average Bonchev–Trinajstić information content (AvgIpc) is 2.36. The van der Waals surface area contributed by atoms with Crippen molar-refractivity contribution < 1.29 is 0 Å². The standard InChI is InChI=1S/C16H25N3/c1-12(16(2,3)4)19(6)15-8-7-13(11-18-5)9-14(15)10-17/h7-9,12,18H,11H2,1-6H3. The van der Waals surface area contributed by atoms with Gasteiger partial charge in [-0.2, -0.15) is 5.26 Å². The Labute approximate surface area is 117 Å². The SMILES string of the molecule is CNCc1ccc(N(C)C(C)C(C)(C)C)c(C#N)c1. The van der Waals surface area contributed by atoms with Crippen molar-refractivity contribution in [1.29, 1.82) is 5.26 Å². The lowest BCUT2D eigenvalue weighted by atomic mass is 9.86. The summed E-state index contributed by atoms with van der Waals surface area (Å²) in [7, 11) is 3.97. The fourth-order valence-corrected chi connectivity index (χ4v) is 2.08. The Morgan fingerprint density at radius 2 is 2.00 bits per heavy atom. The van der Waals surface area contributed by atoms with Gasteiger partial charge in [0.15, 0.2) is 0 Å². The molecule has 0 saturated heterocycles. The monoisotopic (exact) mass is 259 g/mol. The molecule has 0 aliphatic carbocycles. The minimum atomic E-state index is 0.172. The first kappa shape index (κ1) is 15.5. The highest BCUT2D eigenvalue weighted by molar-refractivity contribution is 5.60. The summed E-state index contributed by atoms with van der Waals surface area (Å²) in [5.74, 6) is 0. The van der Waals surface area contributed by atoms with Crippen LogP contribution in [0, 0.1) is 16.7 Å². The van der Waals surface area contributed by atoms with Crippen LogP contribution in [0.2, 0.25) is 0 Å². The maximum atomic E-state index is 9.35. The second kappa shape index (κ2) is 6.08. The van der Waals surface area contributed by atoms with Gasteiger partial charge >= 0.3 is 0 Å². The van der Waals surface area contributed by atoms with E-state index in [4.69, 9.17) is 0 Å². The maximum absolute atomic E-state index is 9.35. The van der Waals surface area contributed by atoms with Crippen molar-refractivity contribution in [2.45, 2.75) is 40.3 Å². The van der Waals surface area contributed by atoms with Gasteiger partial charge in [0.2, 0.25) is 0 Å². The van der Waals surface area contributed by atoms with Gasteiger partial charge in [-0.15, -0.1) is 0 Å². The van der Waals surface area contributed by atoms with E-state index >= 15 is 0 Å². The van der Waals surface area contributed by atoms with Gasteiger partial charge in [-0.3, -0.25) is 0 Å². The highest BCUT2D eigenvalue weighted by atomic mass is 15.1. The largest absolute Gasteiger partial charge is 0.370 e. The van der Waals surface area contributed by atoms with Gasteiger partial charge in [-0.25, -0.2) is 0 Å². The zero-order valence-corrected chi connectivity index (χ0v) is 12.9. The summed E-state index contributed by atoms with van der Waals surface area (Å²) in [5, 5.41) is 12.5. The fraction of sp³-hybridized carbons (Fsp3) is 0.562. The number of rotatable bonds is 4. The second-order valence-electron chi connectivity index (χ2n) is 6.15. The molecular formula is C16H25N3. The van der Waals surface area contributed by atoms with E-state index in [2.05, 4.69) is 57.1 Å². The van der Waals surface area contributed by atoms with Gasteiger partial charge in [0.25, 0.3) is 0 Å². The highest BCUT2D eigenvalue weighted by Gasteiger charge is 2.25. The Bertz CT molecular complexity index is 466. The number of nitrogens with zero attached hydrogens (tertiary/aromatic N) is 2. The van der Waals surface area contributed by atoms with E-state index in [9.17, 15) is 5.26 Å². The first-order valence-electron chi connectivity index (χ1n) is 6.71. The third-order valence-corrected chi connectivity index (χ3v) is 3.78. The van der Waals surface area contributed by atoms with Crippen molar-refractivity contribution in [3.05, 3.63) is 29.3 Å². The Balaban J connectivity index is 3.10. The van der Waals surface area contributed by atoms with Gasteiger partial charge in [0.05, 0.1) is 11.3 Å². The van der Waals surface area contributed by atoms with Crippen LogP contribution in [0.5, 0.6) is 0 Å². The molecule has 0 aromatic heterocycles. The van der Waals surface area contributed by atoms with E-state index in [1.807, 2.05) is 19.2 Å². The first-order chi connectivity index (χ1) is 8.81. The molecule has 1 atom stereocenters. The topological polar surface area (TPSA) is 39.1 Å². The molecule has 0 fully saturated rings. The molecule has 0 spiro atoms. The van der Waals surface area contributed by atoms with Crippen LogP contribution in [0.25, 0.3) is 0 Å². The molecule has 0 heterocycles. The minimum absolute atomic E-state index is 0.172. The molecule has 0 bridgehead atoms. The van der Waals surface area contributed by atoms with Crippen LogP contribution < -0.4 is 10.2 Å². The fourth-order valence-electron chi connectivity index (χ4n) is 2.08. The number of nitrogens with one attached hydrogen (secondary N) is 1. The molecule has 0 radical (unpaired) electrons. The Hall–Kier alpha value is -1.53. The summed E-state index contributed by atoms with van der Waals surface area (Å²) in [6, 6.07) is 8.77. The van der Waals surface area contributed by atoms with E-state index in [-0.39, 0.29) is 5.41 Å². The Kier molecular flexibility index (Phi) is 4.97. The van der Waals surface area contributed by atoms with Crippen molar-refractivity contribution in [2.75, 3.05) is 19.0 Å². The average molecular weight is 259 g/mol. The molecule has 1 unspecified atom stereocenters. The van der Waals surface area contributed by atoms with Gasteiger partial charge in [0.1, 0.15) is 6.07 Å². The van der Waals surface area contributed by atoms with Crippen LogP contribution >= 0.6 is 0 Å². The quantitative estimate of drug-likeness (QED) is 0.903. The zero-order chi connectivity index (χ0) is 14.6. The summed E-state index contributed by atoms with van der Waals surface area (Å²) >= 11 is 0. The number of anilines is 1. The summed E-state index contributed by atoms with van der Waals surface area (Å²) in [4.78, 5) is 2.20. The first-order valence-corrected chi connectivity index (χ1v) is 6.71. The third kappa shape index (κ3) is 3.71. The van der Waals surface area contributed by atoms with Gasteiger partial charge in [0, 0.05) is 19.6 Å². The second-order valence-corrected chi connectivity index (χ2v) is 6.15. The molecule has 3 nitrogen and oxygen atoms in total. The van der Waals surface area contributed by atoms with E-state index in [0.29, 0.717) is 6.04 Å². The van der Waals surface area contributed by atoms with E-state index in [1.165, 1.54) is 0 Å². The van der Waals surface area contributed by atoms with Crippen LogP contribution in [0.4, 0.5) is 5.69 Å². The number of nitriles is 1. The molecular weight excluding hydrogens is 234 g/mol. The van der Waals surface area contributed by atoms with Crippen LogP contribution in [0.1, 0.15) is 38.8 Å². The van der Waals surface area contributed by atoms with Crippen LogP contribution in [0.3, 0.4) is 0 Å². The van der Waals surface area contributed by atoms with Gasteiger partial charge in [-0.05, 0) is 37.1 Å². The lowest BCUT2D eigenvalue weighted by Crippen LogP contribution is -2.39. The number of benzene rings is 1. The number of hydrogen-bond acceptors (Lipinski definition) is 3. The minimum Gasteiger partial charge on any atom is -0.370 e. The molecule has 3 heteroatoms. The van der Waals surface area contributed by atoms with Crippen molar-refractivity contribution in [3.63, 3.8) is 0 Å². The molecule has 104 valence electrons. The molecule has 1 aromatic carbocycles. The van der Waals surface area contributed by atoms with Crippen molar-refractivity contribution >= 4 is 5.69 Å². The molecule has 1 aromatic rings. The molecule has 0 aliphatic heterocycles. The van der Waals surface area contributed by atoms with Gasteiger partial charge in [-0.1, -0.05) is 26.8 Å². The van der Waals surface area contributed by atoms with Crippen LogP contribution in [-0.2, 0) is 6.54 Å². The van der Waals surface area contributed by atoms with Crippen LogP contribution in [0.15, 0.2) is 18.2 Å². The lowest BCUT2D eigenvalue weighted by Gasteiger charge is -2.37. The zero-order valence-electron chi connectivity index (χ0n) is 12.9. The molecule has 0 saturated carbocycles. The predicted molar refractivity (Wildman–Crippen MR) is 81.2 cm³/mol. The third-order valence-electron chi connectivity index (χ3n) is 3.78. The normalized spacial score (nSPS) is 12.9. The van der Waals surface area contributed by atoms with Crippen LogP contribution in [-0.4, -0.2) is 20.1 Å². The number of hydrogen-bond donors (Lipinski definition) is 1. The summed E-state index contributed by atoms with van der Waals surface area (Å²) in [6.07, 6.45) is 0. The van der Waals surface area contributed by atoms with Crippen molar-refractivity contribution in [3.8, 4) is 6.07 Å². The predicted octanol–water partition coefficient (Wildman–Crippen LogP) is 3.15. The van der Waals surface area contributed by atoms with Crippen molar-refractivity contribution in [2.24, 2.45) is 5.41 Å². The Morgan fingerprint density at radius 1 is 1.37 bits per heavy atom. The smallest absolute Gasteiger partial charge is 0.101 e. The molecule has 1 N–H and O–H groups in total. The summed E-state index contributed by atoms with van der Waals surface area (Å²) in [5.41, 5.74) is 3.06. The molecule has 19 heavy (non-hydrogen) atoms. The van der Waals surface area contributed by atoms with E-state index in [0.717, 1.165) is 23.4 Å².